The van der Waals surface area contributed by atoms with Gasteiger partial charge in [-0.05, 0) is 25.2 Å². The van der Waals surface area contributed by atoms with Crippen molar-refractivity contribution in [3.63, 3.8) is 0 Å². The molecular weight excluding hydrogens is 416 g/mol. The number of aliphatic carboxylic acids is 3. The fourth-order valence-corrected chi connectivity index (χ4v) is 2.49. The van der Waals surface area contributed by atoms with Crippen LogP contribution in [0.25, 0.3) is 0 Å². The van der Waals surface area contributed by atoms with E-state index < -0.39 is 73.1 Å². The minimum absolute atomic E-state index is 0.110. The Kier molecular flexibility index (Phi) is 12.5. The summed E-state index contributed by atoms with van der Waals surface area (Å²) in [5, 5.41) is 33.1. The first-order valence-electron chi connectivity index (χ1n) is 9.62. The zero-order valence-corrected chi connectivity index (χ0v) is 17.4. The lowest BCUT2D eigenvalue weighted by Crippen LogP contribution is -2.53. The number of carboxylic acid groups (broad SMARTS) is 3. The normalized spacial score (nSPS) is 13.5. The zero-order valence-electron chi connectivity index (χ0n) is 17.4. The first-order valence-corrected chi connectivity index (χ1v) is 9.62. The van der Waals surface area contributed by atoms with Crippen LogP contribution >= 0.6 is 0 Å². The molecule has 0 aliphatic heterocycles. The van der Waals surface area contributed by atoms with Crippen molar-refractivity contribution in [1.82, 2.24) is 16.0 Å². The van der Waals surface area contributed by atoms with Gasteiger partial charge in [0.25, 0.3) is 0 Å². The Morgan fingerprint density at radius 2 is 1.32 bits per heavy atom. The fourth-order valence-electron chi connectivity index (χ4n) is 2.49. The summed E-state index contributed by atoms with van der Waals surface area (Å²) >= 11 is 0. The molecule has 3 amide bonds. The summed E-state index contributed by atoms with van der Waals surface area (Å²) in [7, 11) is 0. The van der Waals surface area contributed by atoms with Gasteiger partial charge in [0.15, 0.2) is 0 Å². The Morgan fingerprint density at radius 3 is 1.77 bits per heavy atom. The van der Waals surface area contributed by atoms with Crippen LogP contribution in [-0.4, -0.2) is 75.6 Å². The van der Waals surface area contributed by atoms with Gasteiger partial charge < -0.3 is 37.0 Å². The van der Waals surface area contributed by atoms with Gasteiger partial charge in [-0.3, -0.25) is 24.0 Å². The van der Waals surface area contributed by atoms with E-state index in [-0.39, 0.29) is 18.8 Å². The molecule has 0 aromatic heterocycles. The summed E-state index contributed by atoms with van der Waals surface area (Å²) in [6, 6.07) is -3.64. The molecule has 13 nitrogen and oxygen atoms in total. The molecule has 0 bridgehead atoms. The molecule has 13 heteroatoms. The molecule has 0 aromatic rings. The molecule has 176 valence electrons. The molecule has 3 unspecified atom stereocenters. The molecule has 3 atom stereocenters. The SMILES string of the molecule is CC(C)CC(N)C(=O)NC(CCC(=O)O)C(=O)NCC(=O)NC(CCC(=O)O)C(=O)O. The number of carbonyl (C=O) groups excluding carboxylic acids is 3. The molecule has 0 fully saturated rings. The lowest BCUT2D eigenvalue weighted by molar-refractivity contribution is -0.143. The molecule has 0 heterocycles. The highest BCUT2D eigenvalue weighted by Gasteiger charge is 2.26. The van der Waals surface area contributed by atoms with E-state index in [0.717, 1.165) is 0 Å². The van der Waals surface area contributed by atoms with E-state index in [1.54, 1.807) is 0 Å². The second kappa shape index (κ2) is 13.9. The van der Waals surface area contributed by atoms with E-state index in [2.05, 4.69) is 16.0 Å². The Hall–Kier alpha value is -3.22. The minimum Gasteiger partial charge on any atom is -0.481 e. The minimum atomic E-state index is -1.46. The maximum absolute atomic E-state index is 12.3. The van der Waals surface area contributed by atoms with E-state index >= 15 is 0 Å². The van der Waals surface area contributed by atoms with Gasteiger partial charge in [-0.25, -0.2) is 4.79 Å². The number of nitrogens with one attached hydrogen (secondary N) is 3. The van der Waals surface area contributed by atoms with Crippen molar-refractivity contribution in [2.75, 3.05) is 6.54 Å². The molecule has 0 aliphatic rings. The second-order valence-corrected chi connectivity index (χ2v) is 7.34. The Balaban J connectivity index is 4.90. The van der Waals surface area contributed by atoms with Crippen molar-refractivity contribution in [3.8, 4) is 0 Å². The van der Waals surface area contributed by atoms with Crippen molar-refractivity contribution in [3.05, 3.63) is 0 Å². The van der Waals surface area contributed by atoms with Crippen molar-refractivity contribution >= 4 is 35.6 Å². The third kappa shape index (κ3) is 12.8. The highest BCUT2D eigenvalue weighted by Crippen LogP contribution is 2.05. The van der Waals surface area contributed by atoms with Gasteiger partial charge in [0.1, 0.15) is 12.1 Å². The van der Waals surface area contributed by atoms with Gasteiger partial charge in [-0.2, -0.15) is 0 Å². The Bertz CT molecular complexity index is 681. The Labute approximate surface area is 178 Å². The van der Waals surface area contributed by atoms with E-state index in [9.17, 15) is 28.8 Å². The summed E-state index contributed by atoms with van der Waals surface area (Å²) in [5.74, 6) is -6.15. The number of hydrogen-bond donors (Lipinski definition) is 7. The summed E-state index contributed by atoms with van der Waals surface area (Å²) in [4.78, 5) is 68.9. The number of carbonyl (C=O) groups is 6. The summed E-state index contributed by atoms with van der Waals surface area (Å²) in [5.41, 5.74) is 5.76. The van der Waals surface area contributed by atoms with Gasteiger partial charge >= 0.3 is 17.9 Å². The average molecular weight is 446 g/mol. The van der Waals surface area contributed by atoms with E-state index in [0.29, 0.717) is 6.42 Å². The van der Waals surface area contributed by atoms with Crippen LogP contribution in [0.15, 0.2) is 0 Å². The number of hydrogen-bond acceptors (Lipinski definition) is 7. The monoisotopic (exact) mass is 446 g/mol. The van der Waals surface area contributed by atoms with E-state index in [1.165, 1.54) is 0 Å². The third-order valence-electron chi connectivity index (χ3n) is 4.05. The molecule has 8 N–H and O–H groups in total. The van der Waals surface area contributed by atoms with Crippen LogP contribution in [0.5, 0.6) is 0 Å². The maximum atomic E-state index is 12.3. The first kappa shape index (κ1) is 27.8. The van der Waals surface area contributed by atoms with Gasteiger partial charge in [0, 0.05) is 12.8 Å². The molecule has 0 spiro atoms. The third-order valence-corrected chi connectivity index (χ3v) is 4.05. The highest BCUT2D eigenvalue weighted by molar-refractivity contribution is 5.92. The molecule has 0 saturated heterocycles. The van der Waals surface area contributed by atoms with Crippen molar-refractivity contribution in [2.45, 2.75) is 64.1 Å². The summed E-state index contributed by atoms with van der Waals surface area (Å²) < 4.78 is 0. The number of carboxylic acids is 3. The van der Waals surface area contributed by atoms with Crippen molar-refractivity contribution in [1.29, 1.82) is 0 Å². The second-order valence-electron chi connectivity index (χ2n) is 7.34. The maximum Gasteiger partial charge on any atom is 0.326 e. The summed E-state index contributed by atoms with van der Waals surface area (Å²) in [6.45, 7) is 3.04. The van der Waals surface area contributed by atoms with Gasteiger partial charge in [0.05, 0.1) is 12.6 Å². The van der Waals surface area contributed by atoms with Gasteiger partial charge in [-0.15, -0.1) is 0 Å². The van der Waals surface area contributed by atoms with Crippen LogP contribution in [-0.2, 0) is 28.8 Å². The standard InChI is InChI=1S/C18H30N4O9/c1-9(2)7-10(19)16(28)22-11(3-5-14(24)25)17(29)20-8-13(23)21-12(18(30)31)4-6-15(26)27/h9-12H,3-8,19H2,1-2H3,(H,20,29)(H,21,23)(H,22,28)(H,24,25)(H,26,27)(H,30,31). The van der Waals surface area contributed by atoms with Crippen LogP contribution in [0.2, 0.25) is 0 Å². The average Bonchev–Trinajstić information content (AvgIpc) is 2.64. The van der Waals surface area contributed by atoms with Crippen LogP contribution in [0.1, 0.15) is 46.0 Å². The molecule has 0 radical (unpaired) electrons. The predicted molar refractivity (Wildman–Crippen MR) is 106 cm³/mol. The molecule has 31 heavy (non-hydrogen) atoms. The lowest BCUT2D eigenvalue weighted by Gasteiger charge is -2.21. The van der Waals surface area contributed by atoms with E-state index in [4.69, 9.17) is 21.1 Å². The van der Waals surface area contributed by atoms with Gasteiger partial charge in [-0.1, -0.05) is 13.8 Å². The van der Waals surface area contributed by atoms with Gasteiger partial charge in [0.2, 0.25) is 17.7 Å². The van der Waals surface area contributed by atoms with Crippen molar-refractivity contribution < 1.29 is 44.1 Å². The number of rotatable bonds is 15. The molecule has 0 aromatic carbocycles. The topological polar surface area (TPSA) is 225 Å². The molecular formula is C18H30N4O9. The smallest absolute Gasteiger partial charge is 0.326 e. The lowest BCUT2D eigenvalue weighted by atomic mass is 10.0. The highest BCUT2D eigenvalue weighted by atomic mass is 16.4. The van der Waals surface area contributed by atoms with E-state index in [1.807, 2.05) is 13.8 Å². The molecule has 0 saturated carbocycles. The predicted octanol–water partition coefficient (Wildman–Crippen LogP) is -1.74. The molecule has 0 rings (SSSR count). The quantitative estimate of drug-likeness (QED) is 0.150. The summed E-state index contributed by atoms with van der Waals surface area (Å²) in [6.07, 6.45) is -1.17. The zero-order chi connectivity index (χ0) is 24.1. The van der Waals surface area contributed by atoms with Crippen LogP contribution in [0, 0.1) is 5.92 Å². The molecule has 0 aliphatic carbocycles. The van der Waals surface area contributed by atoms with Crippen molar-refractivity contribution in [2.24, 2.45) is 11.7 Å². The number of nitrogens with two attached hydrogens (primary N) is 1. The van der Waals surface area contributed by atoms with Crippen LogP contribution < -0.4 is 21.7 Å². The fraction of sp³-hybridized carbons (Fsp3) is 0.667. The Morgan fingerprint density at radius 1 is 0.806 bits per heavy atom. The largest absolute Gasteiger partial charge is 0.481 e. The first-order chi connectivity index (χ1) is 14.3. The van der Waals surface area contributed by atoms with Crippen LogP contribution in [0.4, 0.5) is 0 Å². The number of amides is 3. The van der Waals surface area contributed by atoms with Crippen LogP contribution in [0.3, 0.4) is 0 Å².